The van der Waals surface area contributed by atoms with Crippen LogP contribution in [0.15, 0.2) is 12.1 Å². The lowest BCUT2D eigenvalue weighted by atomic mass is 9.68. The van der Waals surface area contributed by atoms with Crippen LogP contribution in [0.3, 0.4) is 0 Å². The summed E-state index contributed by atoms with van der Waals surface area (Å²) in [4.78, 5) is 25.4. The zero-order valence-corrected chi connectivity index (χ0v) is 15.2. The predicted molar refractivity (Wildman–Crippen MR) is 96.0 cm³/mol. The molecule has 1 saturated heterocycles. The molecule has 28 heavy (non-hydrogen) atoms. The highest BCUT2D eigenvalue weighted by molar-refractivity contribution is 6.62. The van der Waals surface area contributed by atoms with Gasteiger partial charge in [0.2, 0.25) is 5.91 Å². The first-order valence-corrected chi connectivity index (χ1v) is 9.09. The standard InChI is InChI=1S/C17H22BN2O8/c1-17(19,7-21)16(24)20-5-8(6-20)27-12-3-2-9-10-4-11(10)18(25,26)28-14(9)13(12)15(22)23/h2-3,8,10-11,21,25-26H,4-7,19H2,1H3,(H,22,23)/q-1/t10-,11-,17+/m0/s1. The van der Waals surface area contributed by atoms with Crippen LogP contribution in [-0.2, 0) is 4.79 Å². The van der Waals surface area contributed by atoms with E-state index in [1.807, 2.05) is 0 Å². The molecule has 4 rings (SSSR count). The smallest absolute Gasteiger partial charge is 0.434 e. The van der Waals surface area contributed by atoms with Crippen molar-refractivity contribution in [2.45, 2.75) is 36.7 Å². The maximum atomic E-state index is 12.2. The van der Waals surface area contributed by atoms with E-state index in [0.717, 1.165) is 0 Å². The van der Waals surface area contributed by atoms with Crippen molar-refractivity contribution in [2.75, 3.05) is 19.7 Å². The Hall–Kier alpha value is -2.34. The third-order valence-corrected chi connectivity index (χ3v) is 5.70. The van der Waals surface area contributed by atoms with Crippen molar-refractivity contribution in [1.29, 1.82) is 0 Å². The van der Waals surface area contributed by atoms with E-state index in [4.69, 9.17) is 15.1 Å². The van der Waals surface area contributed by atoms with Crippen molar-refractivity contribution in [3.8, 4) is 11.5 Å². The summed E-state index contributed by atoms with van der Waals surface area (Å²) in [6.45, 7) is -1.78. The van der Waals surface area contributed by atoms with E-state index in [2.05, 4.69) is 0 Å². The van der Waals surface area contributed by atoms with E-state index in [1.54, 1.807) is 6.07 Å². The van der Waals surface area contributed by atoms with Gasteiger partial charge in [-0.2, -0.15) is 0 Å². The van der Waals surface area contributed by atoms with Crippen LogP contribution in [0.5, 0.6) is 11.5 Å². The van der Waals surface area contributed by atoms with Crippen LogP contribution in [0.1, 0.15) is 35.2 Å². The van der Waals surface area contributed by atoms with Crippen LogP contribution in [0.25, 0.3) is 0 Å². The fraction of sp³-hybridized carbons (Fsp3) is 0.529. The Bertz CT molecular complexity index is 852. The molecule has 1 aromatic carbocycles. The number of aliphatic hydroxyl groups excluding tert-OH is 1. The Morgan fingerprint density at radius 1 is 1.39 bits per heavy atom. The summed E-state index contributed by atoms with van der Waals surface area (Å²) < 4.78 is 11.0. The molecule has 10 nitrogen and oxygen atoms in total. The number of hydrogen-bond donors (Lipinski definition) is 5. The van der Waals surface area contributed by atoms with Gasteiger partial charge >= 0.3 is 12.7 Å². The zero-order chi connectivity index (χ0) is 20.4. The van der Waals surface area contributed by atoms with Crippen LogP contribution in [0, 0.1) is 0 Å². The van der Waals surface area contributed by atoms with Gasteiger partial charge < -0.3 is 40.3 Å². The summed E-state index contributed by atoms with van der Waals surface area (Å²) in [7, 11) is 0. The fourth-order valence-electron chi connectivity index (χ4n) is 3.90. The molecule has 1 saturated carbocycles. The highest BCUT2D eigenvalue weighted by atomic mass is 16.6. The molecule has 0 bridgehead atoms. The van der Waals surface area contributed by atoms with Crippen molar-refractivity contribution < 1.29 is 39.2 Å². The molecule has 0 spiro atoms. The number of aliphatic hydroxyl groups is 1. The third kappa shape index (κ3) is 2.91. The number of hydrogen-bond acceptors (Lipinski definition) is 8. The van der Waals surface area contributed by atoms with Crippen LogP contribution >= 0.6 is 0 Å². The summed E-state index contributed by atoms with van der Waals surface area (Å²) in [5, 5.41) is 38.9. The summed E-state index contributed by atoms with van der Waals surface area (Å²) in [5.41, 5.74) is 4.71. The molecule has 6 N–H and O–H groups in total. The highest BCUT2D eigenvalue weighted by Crippen LogP contribution is 2.63. The van der Waals surface area contributed by atoms with Crippen LogP contribution in [0.2, 0.25) is 5.82 Å². The molecular formula is C17H22BN2O8-. The largest absolute Gasteiger partial charge is 0.669 e. The van der Waals surface area contributed by atoms with E-state index in [-0.39, 0.29) is 36.1 Å². The number of rotatable bonds is 5. The van der Waals surface area contributed by atoms with Gasteiger partial charge in [0.1, 0.15) is 23.0 Å². The van der Waals surface area contributed by atoms with E-state index < -0.39 is 42.7 Å². The Balaban J connectivity index is 1.53. The first-order chi connectivity index (χ1) is 13.0. The van der Waals surface area contributed by atoms with Crippen molar-refractivity contribution >= 4 is 18.6 Å². The SMILES string of the molecule is C[C@@](N)(CO)C(=O)N1CC(Oc2ccc3c(c2C(=O)O)O[B-](O)(O)[C@H]2C[C@@H]32)C1. The minimum atomic E-state index is -3.11. The molecule has 2 aliphatic heterocycles. The number of carbonyl (C=O) groups is 2. The molecule has 2 heterocycles. The van der Waals surface area contributed by atoms with Crippen LogP contribution in [0.4, 0.5) is 0 Å². The van der Waals surface area contributed by atoms with Gasteiger partial charge in [-0.15, -0.1) is 0 Å². The maximum absolute atomic E-state index is 12.2. The summed E-state index contributed by atoms with van der Waals surface area (Å²) >= 11 is 0. The van der Waals surface area contributed by atoms with Gasteiger partial charge in [0.15, 0.2) is 0 Å². The Labute approximate surface area is 160 Å². The lowest BCUT2D eigenvalue weighted by molar-refractivity contribution is -0.146. The Morgan fingerprint density at radius 3 is 2.68 bits per heavy atom. The topological polar surface area (TPSA) is 163 Å². The molecule has 0 radical (unpaired) electrons. The van der Waals surface area contributed by atoms with E-state index in [9.17, 15) is 29.9 Å². The molecule has 3 atom stereocenters. The van der Waals surface area contributed by atoms with E-state index in [1.165, 1.54) is 17.9 Å². The number of carbonyl (C=O) groups excluding carboxylic acids is 1. The van der Waals surface area contributed by atoms with Gasteiger partial charge in [0.25, 0.3) is 0 Å². The van der Waals surface area contributed by atoms with Gasteiger partial charge in [-0.25, -0.2) is 4.79 Å². The van der Waals surface area contributed by atoms with Crippen LogP contribution < -0.4 is 15.1 Å². The van der Waals surface area contributed by atoms with Crippen molar-refractivity contribution in [3.63, 3.8) is 0 Å². The van der Waals surface area contributed by atoms with Crippen molar-refractivity contribution in [3.05, 3.63) is 23.3 Å². The highest BCUT2D eigenvalue weighted by Gasteiger charge is 2.55. The third-order valence-electron chi connectivity index (χ3n) is 5.70. The second-order valence-corrected chi connectivity index (χ2v) is 8.07. The van der Waals surface area contributed by atoms with Gasteiger partial charge in [-0.05, 0) is 24.5 Å². The van der Waals surface area contributed by atoms with Crippen molar-refractivity contribution in [1.82, 2.24) is 4.90 Å². The monoisotopic (exact) mass is 393 g/mol. The van der Waals surface area contributed by atoms with Gasteiger partial charge in [-0.1, -0.05) is 18.3 Å². The van der Waals surface area contributed by atoms with Crippen molar-refractivity contribution in [2.24, 2.45) is 5.73 Å². The number of amides is 1. The van der Waals surface area contributed by atoms with E-state index in [0.29, 0.717) is 12.0 Å². The molecule has 0 unspecified atom stereocenters. The molecule has 2 fully saturated rings. The number of likely N-dealkylation sites (tertiary alicyclic amines) is 1. The number of ether oxygens (including phenoxy) is 1. The Morgan fingerprint density at radius 2 is 2.07 bits per heavy atom. The van der Waals surface area contributed by atoms with Gasteiger partial charge in [0.05, 0.1) is 25.4 Å². The first-order valence-electron chi connectivity index (χ1n) is 9.09. The number of benzene rings is 1. The summed E-state index contributed by atoms with van der Waals surface area (Å²) in [5.74, 6) is -2.32. The first kappa shape index (κ1) is 19.0. The van der Waals surface area contributed by atoms with Gasteiger partial charge in [-0.3, -0.25) is 4.79 Å². The molecule has 1 amide bonds. The number of aromatic carboxylic acids is 1. The summed E-state index contributed by atoms with van der Waals surface area (Å²) in [6.07, 6.45) is 0.0761. The number of nitrogens with zero attached hydrogens (tertiary/aromatic N) is 1. The molecule has 3 aliphatic rings. The average Bonchev–Trinajstić information content (AvgIpc) is 3.38. The average molecular weight is 393 g/mol. The minimum absolute atomic E-state index is 0.0340. The molecule has 152 valence electrons. The number of carboxylic acid groups (broad SMARTS) is 1. The zero-order valence-electron chi connectivity index (χ0n) is 15.2. The number of fused-ring (bicyclic) bond motifs is 3. The normalized spacial score (nSPS) is 26.8. The molecule has 1 aliphatic carbocycles. The van der Waals surface area contributed by atoms with Gasteiger partial charge in [0, 0.05) is 0 Å². The Kier molecular flexibility index (Phi) is 4.13. The molecule has 1 aromatic rings. The van der Waals surface area contributed by atoms with E-state index >= 15 is 0 Å². The minimum Gasteiger partial charge on any atom is -0.669 e. The number of nitrogens with two attached hydrogens (primary N) is 1. The van der Waals surface area contributed by atoms with Crippen LogP contribution in [-0.4, -0.2) is 75.1 Å². The maximum Gasteiger partial charge on any atom is 0.434 e. The lowest BCUT2D eigenvalue weighted by Gasteiger charge is -2.42. The lowest BCUT2D eigenvalue weighted by Crippen LogP contribution is -2.64. The second kappa shape index (κ2) is 6.08. The quantitative estimate of drug-likeness (QED) is 0.389. The molecular weight excluding hydrogens is 371 g/mol. The number of carboxylic acids is 1. The predicted octanol–water partition coefficient (Wildman–Crippen LogP) is -1.14. The fourth-order valence-corrected chi connectivity index (χ4v) is 3.90. The second-order valence-electron chi connectivity index (χ2n) is 8.07. The summed E-state index contributed by atoms with van der Waals surface area (Å²) in [6, 6.07) is 3.21. The molecule has 0 aromatic heterocycles. The molecule has 11 heteroatoms.